The number of rotatable bonds is 4. The molecule has 0 bridgehead atoms. The minimum atomic E-state index is 0.404. The number of hydrogen-bond acceptors (Lipinski definition) is 6. The summed E-state index contributed by atoms with van der Waals surface area (Å²) in [5.74, 6) is 1.65. The van der Waals surface area contributed by atoms with Gasteiger partial charge in [0.2, 0.25) is 5.95 Å². The summed E-state index contributed by atoms with van der Waals surface area (Å²) in [6.07, 6.45) is 3.79. The van der Waals surface area contributed by atoms with Crippen LogP contribution < -0.4 is 14.7 Å². The van der Waals surface area contributed by atoms with Crippen molar-refractivity contribution in [2.24, 2.45) is 0 Å². The zero-order valence-electron chi connectivity index (χ0n) is 15.4. The quantitative estimate of drug-likeness (QED) is 0.823. The van der Waals surface area contributed by atoms with Crippen molar-refractivity contribution >= 4 is 29.1 Å². The zero-order valence-corrected chi connectivity index (χ0v) is 16.1. The number of nitrogens with zero attached hydrogens (tertiary/aromatic N) is 6. The molecule has 0 atom stereocenters. The molecular formula is C19H23ClN6. The number of aromatic nitrogens is 2. The first-order valence-corrected chi connectivity index (χ1v) is 9.06. The first-order valence-electron chi connectivity index (χ1n) is 8.68. The van der Waals surface area contributed by atoms with Crippen molar-refractivity contribution in [2.45, 2.75) is 18.9 Å². The Bertz CT molecular complexity index is 808. The number of benzene rings is 1. The molecule has 0 radical (unpaired) electrons. The molecule has 7 heteroatoms. The Morgan fingerprint density at radius 1 is 1.19 bits per heavy atom. The molecule has 1 fully saturated rings. The maximum absolute atomic E-state index is 9.40. The van der Waals surface area contributed by atoms with E-state index in [2.05, 4.69) is 32.9 Å². The maximum Gasteiger partial charge on any atom is 0.226 e. The summed E-state index contributed by atoms with van der Waals surface area (Å²) in [5.41, 5.74) is 1.49. The lowest BCUT2D eigenvalue weighted by atomic mass is 10.0. The van der Waals surface area contributed by atoms with Crippen LogP contribution in [0.5, 0.6) is 0 Å². The van der Waals surface area contributed by atoms with Crippen LogP contribution in [0.3, 0.4) is 0 Å². The van der Waals surface area contributed by atoms with Crippen molar-refractivity contribution in [1.82, 2.24) is 9.97 Å². The van der Waals surface area contributed by atoms with E-state index in [1.165, 1.54) is 0 Å². The summed E-state index contributed by atoms with van der Waals surface area (Å²) in [7, 11) is 5.97. The summed E-state index contributed by atoms with van der Waals surface area (Å²) in [6, 6.07) is 10.2. The van der Waals surface area contributed by atoms with E-state index in [1.54, 1.807) is 12.3 Å². The Kier molecular flexibility index (Phi) is 5.48. The molecule has 1 aromatic carbocycles. The Labute approximate surface area is 159 Å². The molecule has 0 saturated carbocycles. The molecule has 1 aliphatic rings. The van der Waals surface area contributed by atoms with E-state index in [0.717, 1.165) is 37.4 Å². The molecule has 0 spiro atoms. The van der Waals surface area contributed by atoms with Crippen LogP contribution in [0.2, 0.25) is 5.02 Å². The van der Waals surface area contributed by atoms with E-state index in [4.69, 9.17) is 11.6 Å². The molecule has 0 aliphatic carbocycles. The highest BCUT2D eigenvalue weighted by atomic mass is 35.5. The Morgan fingerprint density at radius 3 is 2.58 bits per heavy atom. The van der Waals surface area contributed by atoms with Crippen molar-refractivity contribution in [3.05, 3.63) is 41.0 Å². The molecule has 2 heterocycles. The van der Waals surface area contributed by atoms with Gasteiger partial charge in [-0.1, -0.05) is 17.7 Å². The van der Waals surface area contributed by atoms with E-state index in [1.807, 2.05) is 37.2 Å². The van der Waals surface area contributed by atoms with Crippen LogP contribution in [0.4, 0.5) is 17.5 Å². The van der Waals surface area contributed by atoms with Gasteiger partial charge in [-0.3, -0.25) is 0 Å². The molecule has 3 rings (SSSR count). The smallest absolute Gasteiger partial charge is 0.226 e. The first kappa shape index (κ1) is 18.3. The van der Waals surface area contributed by atoms with Gasteiger partial charge in [-0.05, 0) is 31.0 Å². The third-order valence-corrected chi connectivity index (χ3v) is 5.16. The van der Waals surface area contributed by atoms with Gasteiger partial charge in [0, 0.05) is 46.5 Å². The molecule has 0 N–H and O–H groups in total. The predicted molar refractivity (Wildman–Crippen MR) is 106 cm³/mol. The van der Waals surface area contributed by atoms with E-state index < -0.39 is 0 Å². The molecule has 1 saturated heterocycles. The summed E-state index contributed by atoms with van der Waals surface area (Å²) >= 11 is 6.17. The largest absolute Gasteiger partial charge is 0.370 e. The highest BCUT2D eigenvalue weighted by molar-refractivity contribution is 6.32. The average Bonchev–Trinajstić information content (AvgIpc) is 2.67. The minimum absolute atomic E-state index is 0.404. The third-order valence-electron chi connectivity index (χ3n) is 4.85. The molecule has 1 aromatic heterocycles. The van der Waals surface area contributed by atoms with Crippen molar-refractivity contribution in [1.29, 1.82) is 5.26 Å². The molecule has 2 aromatic rings. The lowest BCUT2D eigenvalue weighted by molar-refractivity contribution is 0.480. The van der Waals surface area contributed by atoms with Gasteiger partial charge in [-0.15, -0.1) is 0 Å². The van der Waals surface area contributed by atoms with Crippen molar-refractivity contribution < 1.29 is 0 Å². The topological polar surface area (TPSA) is 59.3 Å². The predicted octanol–water partition coefficient (Wildman–Crippen LogP) is 3.17. The van der Waals surface area contributed by atoms with E-state index in [-0.39, 0.29) is 0 Å². The molecule has 1 aliphatic heterocycles. The van der Waals surface area contributed by atoms with Crippen LogP contribution in [-0.4, -0.2) is 50.2 Å². The van der Waals surface area contributed by atoms with Crippen LogP contribution in [0.25, 0.3) is 0 Å². The number of nitriles is 1. The first-order chi connectivity index (χ1) is 12.5. The molecular weight excluding hydrogens is 348 g/mol. The fourth-order valence-electron chi connectivity index (χ4n) is 3.32. The normalized spacial score (nSPS) is 14.8. The molecule has 26 heavy (non-hydrogen) atoms. The second-order valence-corrected chi connectivity index (χ2v) is 7.09. The highest BCUT2D eigenvalue weighted by Crippen LogP contribution is 2.30. The lowest BCUT2D eigenvalue weighted by Gasteiger charge is -2.38. The summed E-state index contributed by atoms with van der Waals surface area (Å²) < 4.78 is 0. The Balaban J connectivity index is 1.70. The SMILES string of the molecule is CN(C)c1nccc(N(C)C2CCN(c3cccc(Cl)c3C#N)CC2)n1. The monoisotopic (exact) mass is 370 g/mol. The standard InChI is InChI=1S/C19H23ClN6/c1-24(2)19-22-10-7-18(23-19)25(3)14-8-11-26(12-9-14)17-6-4-5-16(20)15(17)13-21/h4-7,10,14H,8-9,11-12H2,1-3H3. The van der Waals surface area contributed by atoms with Crippen LogP contribution in [0, 0.1) is 11.3 Å². The van der Waals surface area contributed by atoms with Crippen molar-refractivity contribution in [3.63, 3.8) is 0 Å². The van der Waals surface area contributed by atoms with Crippen LogP contribution in [0.15, 0.2) is 30.5 Å². The van der Waals surface area contributed by atoms with Gasteiger partial charge < -0.3 is 14.7 Å². The fraction of sp³-hybridized carbons (Fsp3) is 0.421. The fourth-order valence-corrected chi connectivity index (χ4v) is 3.53. The van der Waals surface area contributed by atoms with Crippen LogP contribution >= 0.6 is 11.6 Å². The van der Waals surface area contributed by atoms with Crippen LogP contribution in [-0.2, 0) is 0 Å². The Hall–Kier alpha value is -2.52. The lowest BCUT2D eigenvalue weighted by Crippen LogP contribution is -2.44. The molecule has 0 amide bonds. The molecule has 136 valence electrons. The summed E-state index contributed by atoms with van der Waals surface area (Å²) in [6.45, 7) is 1.77. The van der Waals surface area contributed by atoms with Gasteiger partial charge in [0.05, 0.1) is 16.3 Å². The third kappa shape index (κ3) is 3.68. The highest BCUT2D eigenvalue weighted by Gasteiger charge is 2.25. The summed E-state index contributed by atoms with van der Waals surface area (Å²) in [4.78, 5) is 15.3. The Morgan fingerprint density at radius 2 is 1.92 bits per heavy atom. The van der Waals surface area contributed by atoms with Gasteiger partial charge in [-0.2, -0.15) is 10.2 Å². The zero-order chi connectivity index (χ0) is 18.7. The van der Waals surface area contributed by atoms with E-state index in [9.17, 15) is 5.26 Å². The van der Waals surface area contributed by atoms with Gasteiger partial charge in [0.25, 0.3) is 0 Å². The summed E-state index contributed by atoms with van der Waals surface area (Å²) in [5, 5.41) is 9.92. The number of piperidine rings is 1. The van der Waals surface area contributed by atoms with Gasteiger partial charge >= 0.3 is 0 Å². The van der Waals surface area contributed by atoms with E-state index in [0.29, 0.717) is 22.6 Å². The van der Waals surface area contributed by atoms with Crippen LogP contribution in [0.1, 0.15) is 18.4 Å². The maximum atomic E-state index is 9.40. The van der Waals surface area contributed by atoms with Crippen molar-refractivity contribution in [2.75, 3.05) is 48.9 Å². The number of halogens is 1. The number of hydrogen-bond donors (Lipinski definition) is 0. The number of anilines is 3. The molecule has 0 unspecified atom stereocenters. The van der Waals surface area contributed by atoms with Gasteiger partial charge in [-0.25, -0.2) is 4.98 Å². The van der Waals surface area contributed by atoms with Gasteiger partial charge in [0.15, 0.2) is 0 Å². The second-order valence-electron chi connectivity index (χ2n) is 6.68. The molecule has 6 nitrogen and oxygen atoms in total. The van der Waals surface area contributed by atoms with Gasteiger partial charge in [0.1, 0.15) is 11.9 Å². The van der Waals surface area contributed by atoms with Crippen molar-refractivity contribution in [3.8, 4) is 6.07 Å². The average molecular weight is 371 g/mol. The van der Waals surface area contributed by atoms with E-state index >= 15 is 0 Å². The minimum Gasteiger partial charge on any atom is -0.370 e. The second kappa shape index (κ2) is 7.79.